The second-order valence-corrected chi connectivity index (χ2v) is 37.0. The minimum absolute atomic E-state index is 0.00200. The van der Waals surface area contributed by atoms with E-state index in [4.69, 9.17) is 51.6 Å². The summed E-state index contributed by atoms with van der Waals surface area (Å²) in [5, 5.41) is 39.0. The average Bonchev–Trinajstić information content (AvgIpc) is 1.49. The van der Waals surface area contributed by atoms with Gasteiger partial charge in [-0.05, 0) is 133 Å². The molecule has 40 nitrogen and oxygen atoms in total. The molecule has 0 aliphatic rings. The van der Waals surface area contributed by atoms with Gasteiger partial charge < -0.3 is 114 Å². The Morgan fingerprint density at radius 3 is 1.19 bits per heavy atom. The number of amides is 8. The second kappa shape index (κ2) is 67.4. The van der Waals surface area contributed by atoms with Gasteiger partial charge in [-0.25, -0.2) is 9.97 Å². The molecular formula is C95H162N24O16. The number of aliphatic hydroxyl groups excluding tert-OH is 1. The molecule has 0 fully saturated rings. The molecule has 758 valence electrons. The molecule has 3 aromatic rings. The zero-order valence-electron chi connectivity index (χ0n) is 81.7. The lowest BCUT2D eigenvalue weighted by atomic mass is 9.87. The summed E-state index contributed by atoms with van der Waals surface area (Å²) in [5.41, 5.74) is 52.0. The number of phenols is 1. The fraction of sp³-hybridized carbons (Fsp3) is 0.684. The maximum absolute atomic E-state index is 14.7. The Hall–Kier alpha value is -11.7. The summed E-state index contributed by atoms with van der Waals surface area (Å²) in [6.45, 7) is 19.4. The van der Waals surface area contributed by atoms with Gasteiger partial charge in [-0.15, -0.1) is 0 Å². The van der Waals surface area contributed by atoms with E-state index in [1.54, 1.807) is 31.5 Å². The highest BCUT2D eigenvalue weighted by molar-refractivity contribution is 5.99. The third-order valence-corrected chi connectivity index (χ3v) is 22.8. The predicted octanol–water partition coefficient (Wildman–Crippen LogP) is 4.70. The highest BCUT2D eigenvalue weighted by Gasteiger charge is 2.38. The number of guanidine groups is 4. The van der Waals surface area contributed by atoms with Gasteiger partial charge in [-0.1, -0.05) is 145 Å². The quantitative estimate of drug-likeness (QED) is 0.0207. The molecule has 12 atom stereocenters. The second-order valence-electron chi connectivity index (χ2n) is 37.0. The van der Waals surface area contributed by atoms with Gasteiger partial charge in [0.1, 0.15) is 17.6 Å². The van der Waals surface area contributed by atoms with Crippen LogP contribution in [0.5, 0.6) is 5.75 Å². The lowest BCUT2D eigenvalue weighted by Gasteiger charge is -2.27. The number of nitrogens with one attached hydrogen (secondary N) is 9. The molecule has 135 heavy (non-hydrogen) atoms. The van der Waals surface area contributed by atoms with Gasteiger partial charge in [-0.3, -0.25) is 82.3 Å². The van der Waals surface area contributed by atoms with Crippen molar-refractivity contribution < 1.29 is 77.3 Å². The first-order valence-corrected chi connectivity index (χ1v) is 48.0. The normalized spacial score (nSPS) is 13.9. The molecule has 0 aliphatic heterocycles. The number of rotatable bonds is 73. The molecule has 29 N–H and O–H groups in total. The highest BCUT2D eigenvalue weighted by Crippen LogP contribution is 2.26. The fourth-order valence-electron chi connectivity index (χ4n) is 15.6. The number of carbonyl (C=O) groups is 14. The molecule has 0 saturated heterocycles. The molecule has 0 aliphatic carbocycles. The van der Waals surface area contributed by atoms with Crippen molar-refractivity contribution >= 4 is 106 Å². The SMILES string of the molecule is CC(=O)C[C@@H](Cc1ccc(O)cc1)C(=O)N[C@@H](CCCN=C(N)N)C(=O)C[C@@H](CCCN=C(N)N)C(=O)N[C@@H](CCCN=C(N)N)C(=O)C[C@@H](CCCN=C(N)N)C(=O)N[C@@H](CC(C)C)C(=O)C[C@@H](CC(C)C)C(=O)N[C@@H](CO)C(N)=O.CCCCCCCCCCCCCCCC(=O)N[C@@H](Cc1cnc[nH]1)C(=O)C[C@@H](C)C(=O)N[C@H](C(=O)C[C@@H](Cc1cnc[nH]1)C(=O)NC(C)C)C(C)C. The number of aliphatic imine (C=N–C) groups is 4. The van der Waals surface area contributed by atoms with Crippen LogP contribution in [-0.2, 0) is 86.4 Å². The van der Waals surface area contributed by atoms with Gasteiger partial charge in [0.15, 0.2) is 52.8 Å². The first kappa shape index (κ1) is 119. The zero-order valence-corrected chi connectivity index (χ0v) is 81.7. The standard InChI is InChI=1S/C54H93N17O11.C41H69N7O5/c1-30(2)22-36(49(81)71-42(29-72)46(55)78)28-45(77)41(23-31(3)4)70-48(80)35(11-7-19-65-52(58)59)27-43(75)39(12-8-20-66-53(60)61)68-47(79)34(10-6-18-64-51(56)57)26-44(76)40(13-9-21-67-54(62)63)69-50(82)37(24-32(5)73)25-33-14-16-38(74)17-15-33;1-7-8-9-10-11-12-13-14-15-16-17-18-19-20-38(51)47-35(24-34-26-43-28-45-34)36(49)21-31(6)40(52)48-39(29(2)3)37(50)23-32(41(53)46-30(4)5)22-33-25-42-27-44-33/h14-17,30-31,34-37,39-42,72,74H,6-13,18-29H2,1-5H3,(H2,55,78)(H,68,79)(H,69,82)(H,70,80)(H,71,81)(H4,56,57,64)(H4,58,59,65)(H4,60,61,66)(H4,62,63,67);25-32,35,39H,7-24H2,1-6H3,(H,42,44)(H,43,45)(H,46,53)(H,47,51)(H,48,52)/t34-,35-,36-,37+,39+,40+,41+,42+;31-,32-,35+,39+/m11/s1. The Bertz CT molecular complexity index is 4200. The number of Topliss-reactive ketones (excluding diaryl/α,β-unsaturated/α-hetero) is 6. The van der Waals surface area contributed by atoms with E-state index in [1.807, 2.05) is 55.4 Å². The average molecular weight is 1900 g/mol. The number of primary amides is 1. The van der Waals surface area contributed by atoms with E-state index in [0.29, 0.717) is 24.1 Å². The maximum atomic E-state index is 14.7. The van der Waals surface area contributed by atoms with E-state index < -0.39 is 144 Å². The number of carbonyl (C=O) groups excluding carboxylic acids is 14. The van der Waals surface area contributed by atoms with E-state index in [-0.39, 0.29) is 211 Å². The number of aromatic hydroxyl groups is 1. The van der Waals surface area contributed by atoms with E-state index in [1.165, 1.54) is 95.9 Å². The molecule has 0 saturated carbocycles. The van der Waals surface area contributed by atoms with E-state index in [9.17, 15) is 77.3 Å². The number of aromatic amines is 2. The topological polar surface area (TPSA) is 705 Å². The van der Waals surface area contributed by atoms with Crippen molar-refractivity contribution in [1.29, 1.82) is 0 Å². The van der Waals surface area contributed by atoms with Gasteiger partial charge in [0.05, 0.1) is 55.4 Å². The van der Waals surface area contributed by atoms with Crippen molar-refractivity contribution in [2.24, 2.45) is 125 Å². The van der Waals surface area contributed by atoms with Crippen LogP contribution in [0.1, 0.15) is 286 Å². The van der Waals surface area contributed by atoms with Crippen molar-refractivity contribution in [3.63, 3.8) is 0 Å². The van der Waals surface area contributed by atoms with Gasteiger partial charge in [-0.2, -0.15) is 0 Å². The first-order valence-electron chi connectivity index (χ1n) is 48.0. The van der Waals surface area contributed by atoms with E-state index in [2.05, 4.69) is 84.0 Å². The Labute approximate surface area is 796 Å². The number of aromatic nitrogens is 4. The van der Waals surface area contributed by atoms with Crippen LogP contribution in [0.25, 0.3) is 0 Å². The number of benzene rings is 1. The fourth-order valence-corrected chi connectivity index (χ4v) is 15.6. The van der Waals surface area contributed by atoms with Gasteiger partial charge in [0.25, 0.3) is 0 Å². The van der Waals surface area contributed by atoms with Crippen LogP contribution < -0.4 is 88.8 Å². The molecule has 0 spiro atoms. The molecule has 0 radical (unpaired) electrons. The number of hydrogen-bond acceptors (Lipinski definition) is 22. The van der Waals surface area contributed by atoms with Crippen molar-refractivity contribution in [2.45, 2.75) is 330 Å². The molecule has 2 heterocycles. The van der Waals surface area contributed by atoms with Crippen LogP contribution in [0, 0.1) is 53.3 Å². The number of ketones is 6. The molecule has 0 bridgehead atoms. The van der Waals surface area contributed by atoms with E-state index >= 15 is 0 Å². The minimum Gasteiger partial charge on any atom is -0.508 e. The van der Waals surface area contributed by atoms with Crippen LogP contribution >= 0.6 is 0 Å². The van der Waals surface area contributed by atoms with Crippen molar-refractivity contribution in [2.75, 3.05) is 32.8 Å². The Kier molecular flexibility index (Phi) is 59.6. The van der Waals surface area contributed by atoms with Crippen LogP contribution in [0.2, 0.25) is 0 Å². The van der Waals surface area contributed by atoms with E-state index in [0.717, 1.165) is 25.0 Å². The monoisotopic (exact) mass is 1900 g/mol. The van der Waals surface area contributed by atoms with Crippen molar-refractivity contribution in [3.05, 3.63) is 66.3 Å². The molecule has 2 aromatic heterocycles. The van der Waals surface area contributed by atoms with Crippen LogP contribution in [-0.4, -0.2) is 211 Å². The summed E-state index contributed by atoms with van der Waals surface area (Å²) in [5.74, 6) is -13.9. The van der Waals surface area contributed by atoms with Gasteiger partial charge in [0, 0.05) is 143 Å². The zero-order chi connectivity index (χ0) is 101. The number of H-pyrrole nitrogens is 2. The number of nitrogens with zero attached hydrogens (tertiary/aromatic N) is 6. The molecule has 40 heteroatoms. The van der Waals surface area contributed by atoms with Gasteiger partial charge >= 0.3 is 0 Å². The third-order valence-electron chi connectivity index (χ3n) is 22.8. The number of aliphatic hydroxyl groups is 1. The van der Waals surface area contributed by atoms with Crippen molar-refractivity contribution in [1.82, 2.24) is 57.2 Å². The van der Waals surface area contributed by atoms with Crippen LogP contribution in [0.15, 0.2) is 69.3 Å². The molecule has 0 unspecified atom stereocenters. The maximum Gasteiger partial charge on any atom is 0.242 e. The Morgan fingerprint density at radius 1 is 0.385 bits per heavy atom. The molecule has 3 rings (SSSR count). The summed E-state index contributed by atoms with van der Waals surface area (Å²) >= 11 is 0. The molecule has 1 aromatic carbocycles. The number of hydrogen-bond donors (Lipinski definition) is 20. The van der Waals surface area contributed by atoms with Crippen molar-refractivity contribution in [3.8, 4) is 5.75 Å². The number of unbranched alkanes of at least 4 members (excludes halogenated alkanes) is 12. The number of phenolic OH excluding ortho intramolecular Hbond substituents is 1. The van der Waals surface area contributed by atoms with Crippen LogP contribution in [0.4, 0.5) is 0 Å². The smallest absolute Gasteiger partial charge is 0.242 e. The summed E-state index contributed by atoms with van der Waals surface area (Å²) in [7, 11) is 0. The summed E-state index contributed by atoms with van der Waals surface area (Å²) < 4.78 is 0. The Balaban J connectivity index is 0.000001000. The lowest BCUT2D eigenvalue weighted by molar-refractivity contribution is -0.136. The highest BCUT2D eigenvalue weighted by atomic mass is 16.3. The van der Waals surface area contributed by atoms with Gasteiger partial charge in [0.2, 0.25) is 47.3 Å². The Morgan fingerprint density at radius 2 is 0.770 bits per heavy atom. The third kappa shape index (κ3) is 53.8. The number of imidazole rings is 2. The summed E-state index contributed by atoms with van der Waals surface area (Å²) in [6.07, 6.45) is 22.7. The summed E-state index contributed by atoms with van der Waals surface area (Å²) in [6, 6.07) is -0.669. The van der Waals surface area contributed by atoms with Crippen LogP contribution in [0.3, 0.4) is 0 Å². The lowest BCUT2D eigenvalue weighted by Crippen LogP contribution is -2.50. The molecule has 8 amide bonds. The summed E-state index contributed by atoms with van der Waals surface area (Å²) in [4.78, 5) is 221. The minimum atomic E-state index is -1.39. The largest absolute Gasteiger partial charge is 0.508 e. The molecular weight excluding hydrogens is 1730 g/mol. The predicted molar refractivity (Wildman–Crippen MR) is 521 cm³/mol. The first-order chi connectivity index (χ1) is 63.9. The number of nitrogens with two attached hydrogens (primary N) is 9.